The Labute approximate surface area is 128 Å². The highest BCUT2D eigenvalue weighted by Gasteiger charge is 2.17. The number of nitro groups is 1. The van der Waals surface area contributed by atoms with Crippen molar-refractivity contribution < 1.29 is 14.1 Å². The standard InChI is InChI=1S/C13H11BrFN3O3/c1-21-13-4-8(2-3-16-13)7-17-11-5-9(14)10(15)6-12(11)18(19)20/h2-6,17H,7H2,1H3. The maximum absolute atomic E-state index is 13.4. The lowest BCUT2D eigenvalue weighted by Gasteiger charge is -2.09. The van der Waals surface area contributed by atoms with Gasteiger partial charge in [0.15, 0.2) is 0 Å². The summed E-state index contributed by atoms with van der Waals surface area (Å²) in [5.74, 6) is -0.234. The highest BCUT2D eigenvalue weighted by Crippen LogP contribution is 2.30. The van der Waals surface area contributed by atoms with Crippen molar-refractivity contribution in [3.8, 4) is 5.88 Å². The van der Waals surface area contributed by atoms with E-state index in [9.17, 15) is 14.5 Å². The van der Waals surface area contributed by atoms with E-state index in [-0.39, 0.29) is 15.8 Å². The Hall–Kier alpha value is -2.22. The average molecular weight is 356 g/mol. The Morgan fingerprint density at radius 2 is 2.24 bits per heavy atom. The first-order chi connectivity index (χ1) is 10.0. The van der Waals surface area contributed by atoms with E-state index in [0.29, 0.717) is 12.4 Å². The Morgan fingerprint density at radius 1 is 1.48 bits per heavy atom. The van der Waals surface area contributed by atoms with Gasteiger partial charge in [-0.15, -0.1) is 0 Å². The lowest BCUT2D eigenvalue weighted by atomic mass is 10.2. The molecule has 2 aromatic rings. The number of rotatable bonds is 5. The van der Waals surface area contributed by atoms with Crippen molar-refractivity contribution in [1.82, 2.24) is 4.98 Å². The van der Waals surface area contributed by atoms with Gasteiger partial charge in [-0.1, -0.05) is 0 Å². The summed E-state index contributed by atoms with van der Waals surface area (Å²) >= 11 is 3.01. The van der Waals surface area contributed by atoms with Gasteiger partial charge >= 0.3 is 0 Å². The summed E-state index contributed by atoms with van der Waals surface area (Å²) in [6.07, 6.45) is 1.57. The third kappa shape index (κ3) is 3.66. The fourth-order valence-electron chi connectivity index (χ4n) is 1.70. The molecule has 0 aliphatic heterocycles. The monoisotopic (exact) mass is 355 g/mol. The average Bonchev–Trinajstić information content (AvgIpc) is 2.48. The molecule has 8 heteroatoms. The fourth-order valence-corrected chi connectivity index (χ4v) is 2.04. The predicted octanol–water partition coefficient (Wildman–Crippen LogP) is 3.51. The first-order valence-electron chi connectivity index (χ1n) is 5.87. The molecule has 2 rings (SSSR count). The molecule has 110 valence electrons. The number of anilines is 1. The Kier molecular flexibility index (Phi) is 4.69. The van der Waals surface area contributed by atoms with Crippen LogP contribution in [0.5, 0.6) is 5.88 Å². The molecule has 0 spiro atoms. The lowest BCUT2D eigenvalue weighted by molar-refractivity contribution is -0.384. The van der Waals surface area contributed by atoms with Crippen LogP contribution in [0.25, 0.3) is 0 Å². The molecule has 0 fully saturated rings. The quantitative estimate of drug-likeness (QED) is 0.655. The number of halogens is 2. The third-order valence-corrected chi connectivity index (χ3v) is 3.33. The SMILES string of the molecule is COc1cc(CNc2cc(Br)c(F)cc2[N+](=O)[O-])ccn1. The van der Waals surface area contributed by atoms with Crippen molar-refractivity contribution in [2.45, 2.75) is 6.54 Å². The topological polar surface area (TPSA) is 77.3 Å². The molecule has 0 aliphatic carbocycles. The van der Waals surface area contributed by atoms with Crippen molar-refractivity contribution in [3.05, 3.63) is 56.4 Å². The number of aromatic nitrogens is 1. The Bertz CT molecular complexity index is 682. The van der Waals surface area contributed by atoms with E-state index < -0.39 is 10.7 Å². The van der Waals surface area contributed by atoms with Gasteiger partial charge in [0.05, 0.1) is 22.6 Å². The highest BCUT2D eigenvalue weighted by molar-refractivity contribution is 9.10. The molecule has 0 unspecified atom stereocenters. The van der Waals surface area contributed by atoms with Gasteiger partial charge in [0.25, 0.3) is 5.69 Å². The van der Waals surface area contributed by atoms with Crippen LogP contribution in [0.1, 0.15) is 5.56 Å². The summed E-state index contributed by atoms with van der Waals surface area (Å²) in [7, 11) is 1.50. The summed E-state index contributed by atoms with van der Waals surface area (Å²) in [6, 6.07) is 5.67. The number of nitrogens with one attached hydrogen (secondary N) is 1. The molecule has 1 N–H and O–H groups in total. The molecule has 21 heavy (non-hydrogen) atoms. The summed E-state index contributed by atoms with van der Waals surface area (Å²) in [5.41, 5.74) is 0.734. The second kappa shape index (κ2) is 6.49. The molecule has 1 aromatic heterocycles. The molecule has 0 saturated heterocycles. The minimum Gasteiger partial charge on any atom is -0.481 e. The van der Waals surface area contributed by atoms with Crippen molar-refractivity contribution in [2.75, 3.05) is 12.4 Å². The first-order valence-corrected chi connectivity index (χ1v) is 6.67. The summed E-state index contributed by atoms with van der Waals surface area (Å²) in [6.45, 7) is 0.317. The molecule has 0 bridgehead atoms. The Balaban J connectivity index is 2.22. The maximum Gasteiger partial charge on any atom is 0.295 e. The lowest BCUT2D eigenvalue weighted by Crippen LogP contribution is -2.04. The molecule has 0 aliphatic rings. The van der Waals surface area contributed by atoms with Gasteiger partial charge in [0.2, 0.25) is 5.88 Å². The third-order valence-electron chi connectivity index (χ3n) is 2.73. The van der Waals surface area contributed by atoms with E-state index in [4.69, 9.17) is 4.74 Å². The number of methoxy groups -OCH3 is 1. The van der Waals surface area contributed by atoms with Gasteiger partial charge in [-0.3, -0.25) is 10.1 Å². The molecule has 0 atom stereocenters. The summed E-state index contributed by atoms with van der Waals surface area (Å²) in [5, 5.41) is 13.9. The Morgan fingerprint density at radius 3 is 2.90 bits per heavy atom. The van der Waals surface area contributed by atoms with Crippen LogP contribution < -0.4 is 10.1 Å². The van der Waals surface area contributed by atoms with Gasteiger partial charge in [-0.25, -0.2) is 9.37 Å². The number of pyridine rings is 1. The van der Waals surface area contributed by atoms with E-state index in [1.807, 2.05) is 0 Å². The zero-order chi connectivity index (χ0) is 15.4. The largest absolute Gasteiger partial charge is 0.481 e. The van der Waals surface area contributed by atoms with E-state index in [1.165, 1.54) is 13.2 Å². The summed E-state index contributed by atoms with van der Waals surface area (Å²) in [4.78, 5) is 14.3. The van der Waals surface area contributed by atoms with Crippen LogP contribution >= 0.6 is 15.9 Å². The van der Waals surface area contributed by atoms with E-state index in [0.717, 1.165) is 11.6 Å². The smallest absolute Gasteiger partial charge is 0.295 e. The normalized spacial score (nSPS) is 10.2. The van der Waals surface area contributed by atoms with Crippen molar-refractivity contribution in [1.29, 1.82) is 0 Å². The number of benzene rings is 1. The predicted molar refractivity (Wildman–Crippen MR) is 78.9 cm³/mol. The second-order valence-corrected chi connectivity index (χ2v) is 4.95. The van der Waals surface area contributed by atoms with E-state index >= 15 is 0 Å². The van der Waals surface area contributed by atoms with E-state index in [2.05, 4.69) is 26.2 Å². The van der Waals surface area contributed by atoms with Crippen LogP contribution in [0, 0.1) is 15.9 Å². The molecule has 1 aromatic carbocycles. The van der Waals surface area contributed by atoms with Crippen LogP contribution in [0.3, 0.4) is 0 Å². The van der Waals surface area contributed by atoms with Crippen molar-refractivity contribution in [3.63, 3.8) is 0 Å². The van der Waals surface area contributed by atoms with Crippen molar-refractivity contribution >= 4 is 27.3 Å². The van der Waals surface area contributed by atoms with Crippen LogP contribution in [-0.4, -0.2) is 17.0 Å². The molecular weight excluding hydrogens is 345 g/mol. The van der Waals surface area contributed by atoms with Gasteiger partial charge in [-0.05, 0) is 33.6 Å². The van der Waals surface area contributed by atoms with Crippen LogP contribution in [-0.2, 0) is 6.54 Å². The second-order valence-electron chi connectivity index (χ2n) is 4.10. The zero-order valence-corrected chi connectivity index (χ0v) is 12.6. The van der Waals surface area contributed by atoms with Crippen molar-refractivity contribution in [2.24, 2.45) is 0 Å². The van der Waals surface area contributed by atoms with Crippen LogP contribution in [0.15, 0.2) is 34.9 Å². The number of ether oxygens (including phenoxy) is 1. The molecule has 6 nitrogen and oxygen atoms in total. The van der Waals surface area contributed by atoms with E-state index in [1.54, 1.807) is 18.3 Å². The zero-order valence-electron chi connectivity index (χ0n) is 11.0. The minimum atomic E-state index is -0.683. The van der Waals surface area contributed by atoms with Crippen LogP contribution in [0.2, 0.25) is 0 Å². The number of nitro benzene ring substituents is 1. The first kappa shape index (κ1) is 15.2. The molecule has 0 saturated carbocycles. The highest BCUT2D eigenvalue weighted by atomic mass is 79.9. The molecular formula is C13H11BrFN3O3. The number of nitrogens with zero attached hydrogens (tertiary/aromatic N) is 2. The molecule has 1 heterocycles. The van der Waals surface area contributed by atoms with Crippen LogP contribution in [0.4, 0.5) is 15.8 Å². The minimum absolute atomic E-state index is 0.155. The van der Waals surface area contributed by atoms with Gasteiger partial charge in [0.1, 0.15) is 11.5 Å². The maximum atomic E-state index is 13.4. The number of hydrogen-bond acceptors (Lipinski definition) is 5. The number of hydrogen-bond donors (Lipinski definition) is 1. The fraction of sp³-hybridized carbons (Fsp3) is 0.154. The van der Waals surface area contributed by atoms with Gasteiger partial charge < -0.3 is 10.1 Å². The summed E-state index contributed by atoms with van der Waals surface area (Å²) < 4.78 is 18.5. The molecule has 0 amide bonds. The van der Waals surface area contributed by atoms with Gasteiger partial charge in [-0.2, -0.15) is 0 Å². The van der Waals surface area contributed by atoms with Gasteiger partial charge in [0, 0.05) is 18.8 Å². The molecule has 0 radical (unpaired) electrons.